The van der Waals surface area contributed by atoms with Gasteiger partial charge in [-0.15, -0.1) is 0 Å². The number of aliphatic carboxylic acids is 1. The summed E-state index contributed by atoms with van der Waals surface area (Å²) in [5, 5.41) is 23.9. The number of ether oxygens (including phenoxy) is 1. The molecule has 9 nitrogen and oxygen atoms in total. The van der Waals surface area contributed by atoms with E-state index in [4.69, 9.17) is 4.74 Å². The van der Waals surface area contributed by atoms with Gasteiger partial charge < -0.3 is 9.84 Å². The average Bonchev–Trinajstić information content (AvgIpc) is 2.64. The molecule has 134 valence electrons. The third-order valence-corrected chi connectivity index (χ3v) is 3.44. The van der Waals surface area contributed by atoms with Crippen LogP contribution < -0.4 is 10.2 Å². The monoisotopic (exact) mass is 357 g/mol. The van der Waals surface area contributed by atoms with Crippen LogP contribution in [0.3, 0.4) is 0 Å². The molecule has 0 radical (unpaired) electrons. The molecule has 2 rings (SSSR count). The number of carbonyl (C=O) groups is 2. The van der Waals surface area contributed by atoms with Gasteiger partial charge in [0.25, 0.3) is 11.6 Å². The number of hydrogen-bond donors (Lipinski definition) is 2. The van der Waals surface area contributed by atoms with Gasteiger partial charge in [0.2, 0.25) is 0 Å². The zero-order valence-corrected chi connectivity index (χ0v) is 13.7. The lowest BCUT2D eigenvalue weighted by Crippen LogP contribution is -2.25. The number of para-hydroxylation sites is 1. The van der Waals surface area contributed by atoms with Gasteiger partial charge in [0.1, 0.15) is 11.5 Å². The van der Waals surface area contributed by atoms with Crippen LogP contribution in [0.25, 0.3) is 0 Å². The Labute approximate surface area is 148 Å². The summed E-state index contributed by atoms with van der Waals surface area (Å²) in [6.07, 6.45) is -0.310. The van der Waals surface area contributed by atoms with Crippen LogP contribution in [0.4, 0.5) is 5.69 Å². The van der Waals surface area contributed by atoms with E-state index in [9.17, 15) is 24.8 Å². The van der Waals surface area contributed by atoms with Gasteiger partial charge in [-0.1, -0.05) is 18.2 Å². The van der Waals surface area contributed by atoms with Crippen molar-refractivity contribution in [2.75, 3.05) is 7.11 Å². The van der Waals surface area contributed by atoms with Crippen LogP contribution in [0.15, 0.2) is 53.6 Å². The predicted molar refractivity (Wildman–Crippen MR) is 92.3 cm³/mol. The van der Waals surface area contributed by atoms with Crippen molar-refractivity contribution < 1.29 is 24.4 Å². The molecule has 0 fully saturated rings. The van der Waals surface area contributed by atoms with Crippen molar-refractivity contribution in [3.05, 3.63) is 69.8 Å². The molecule has 0 spiro atoms. The first-order valence-corrected chi connectivity index (χ1v) is 7.39. The zero-order valence-electron chi connectivity index (χ0n) is 13.7. The van der Waals surface area contributed by atoms with E-state index in [-0.39, 0.29) is 23.2 Å². The Kier molecular flexibility index (Phi) is 5.99. The fraction of sp³-hybridized carbons (Fsp3) is 0.118. The number of amides is 1. The summed E-state index contributed by atoms with van der Waals surface area (Å²) < 4.78 is 4.98. The first-order chi connectivity index (χ1) is 12.4. The second kappa shape index (κ2) is 8.38. The average molecular weight is 357 g/mol. The fourth-order valence-electron chi connectivity index (χ4n) is 2.11. The van der Waals surface area contributed by atoms with Gasteiger partial charge in [-0.05, 0) is 24.3 Å². The van der Waals surface area contributed by atoms with Crippen molar-refractivity contribution in [3.8, 4) is 5.75 Å². The van der Waals surface area contributed by atoms with Gasteiger partial charge in [-0.2, -0.15) is 5.10 Å². The number of rotatable bonds is 7. The number of hydrazone groups is 1. The largest absolute Gasteiger partial charge is 0.497 e. The Morgan fingerprint density at radius 2 is 1.85 bits per heavy atom. The first-order valence-electron chi connectivity index (χ1n) is 7.39. The number of hydrogen-bond acceptors (Lipinski definition) is 6. The molecule has 9 heteroatoms. The maximum Gasteiger partial charge on any atom is 0.352 e. The molecule has 0 bridgehead atoms. The standard InChI is InChI=1S/C17H15N3O6/c1-26-13-8-6-11(7-9-13)16(21)19-18-14(17(22)23)10-12-4-2-3-5-15(12)20(24)25/h2-9H,10H2,1H3,(H,19,21)(H,22,23). The number of nitro benzene ring substituents is 1. The molecule has 2 N–H and O–H groups in total. The number of nitrogens with zero attached hydrogens (tertiary/aromatic N) is 2. The number of nitrogens with one attached hydrogen (secondary N) is 1. The van der Waals surface area contributed by atoms with Crippen LogP contribution in [0.1, 0.15) is 15.9 Å². The summed E-state index contributed by atoms with van der Waals surface area (Å²) in [6, 6.07) is 11.9. The minimum absolute atomic E-state index is 0.178. The van der Waals surface area contributed by atoms with Crippen molar-refractivity contribution >= 4 is 23.3 Å². The fourth-order valence-corrected chi connectivity index (χ4v) is 2.11. The molecule has 0 unspecified atom stereocenters. The van der Waals surface area contributed by atoms with Crippen LogP contribution in [0.2, 0.25) is 0 Å². The van der Waals surface area contributed by atoms with Gasteiger partial charge >= 0.3 is 5.97 Å². The van der Waals surface area contributed by atoms with Crippen LogP contribution in [0, 0.1) is 10.1 Å². The van der Waals surface area contributed by atoms with Crippen LogP contribution in [0.5, 0.6) is 5.75 Å². The minimum atomic E-state index is -1.39. The molecule has 0 saturated heterocycles. The summed E-state index contributed by atoms with van der Waals surface area (Å²) in [4.78, 5) is 33.8. The minimum Gasteiger partial charge on any atom is -0.497 e. The van der Waals surface area contributed by atoms with Gasteiger partial charge in [-0.25, -0.2) is 10.2 Å². The first kappa shape index (κ1) is 18.6. The zero-order chi connectivity index (χ0) is 19.1. The highest BCUT2D eigenvalue weighted by atomic mass is 16.6. The molecular weight excluding hydrogens is 342 g/mol. The highest BCUT2D eigenvalue weighted by Gasteiger charge is 2.19. The Hall–Kier alpha value is -3.75. The van der Waals surface area contributed by atoms with E-state index in [1.54, 1.807) is 18.2 Å². The second-order valence-electron chi connectivity index (χ2n) is 5.10. The molecule has 2 aromatic carbocycles. The number of benzene rings is 2. The summed E-state index contributed by atoms with van der Waals surface area (Å²) >= 11 is 0. The summed E-state index contributed by atoms with van der Waals surface area (Å²) in [7, 11) is 1.49. The Morgan fingerprint density at radius 3 is 2.42 bits per heavy atom. The quantitative estimate of drug-likeness (QED) is 0.443. The highest BCUT2D eigenvalue weighted by Crippen LogP contribution is 2.18. The van der Waals surface area contributed by atoms with E-state index in [1.165, 1.54) is 37.4 Å². The molecule has 0 aliphatic rings. The van der Waals surface area contributed by atoms with Crippen molar-refractivity contribution in [1.82, 2.24) is 5.43 Å². The van der Waals surface area contributed by atoms with Gasteiger partial charge in [0, 0.05) is 23.6 Å². The van der Waals surface area contributed by atoms with E-state index in [2.05, 4.69) is 10.5 Å². The molecule has 0 saturated carbocycles. The molecule has 0 aliphatic heterocycles. The highest BCUT2D eigenvalue weighted by molar-refractivity contribution is 6.36. The third kappa shape index (κ3) is 4.63. The number of carboxylic acids is 1. The molecule has 0 heterocycles. The van der Waals surface area contributed by atoms with Gasteiger partial charge in [-0.3, -0.25) is 14.9 Å². The smallest absolute Gasteiger partial charge is 0.352 e. The van der Waals surface area contributed by atoms with E-state index < -0.39 is 22.5 Å². The van der Waals surface area contributed by atoms with E-state index in [1.807, 2.05) is 0 Å². The van der Waals surface area contributed by atoms with Crippen molar-refractivity contribution in [2.24, 2.45) is 5.10 Å². The van der Waals surface area contributed by atoms with Crippen LogP contribution in [-0.4, -0.2) is 34.7 Å². The third-order valence-electron chi connectivity index (χ3n) is 3.44. The lowest BCUT2D eigenvalue weighted by Gasteiger charge is -2.05. The maximum absolute atomic E-state index is 12.0. The lowest BCUT2D eigenvalue weighted by molar-refractivity contribution is -0.385. The van der Waals surface area contributed by atoms with Crippen molar-refractivity contribution in [2.45, 2.75) is 6.42 Å². The number of methoxy groups -OCH3 is 1. The summed E-state index contributed by atoms with van der Waals surface area (Å²) in [5.74, 6) is -1.44. The molecule has 0 aliphatic carbocycles. The molecule has 0 atom stereocenters. The van der Waals surface area contributed by atoms with E-state index in [0.717, 1.165) is 0 Å². The number of carboxylic acid groups (broad SMARTS) is 1. The molecule has 2 aromatic rings. The van der Waals surface area contributed by atoms with Crippen molar-refractivity contribution in [1.29, 1.82) is 0 Å². The Balaban J connectivity index is 2.17. The van der Waals surface area contributed by atoms with E-state index in [0.29, 0.717) is 5.75 Å². The normalized spacial score (nSPS) is 10.9. The maximum atomic E-state index is 12.0. The van der Waals surface area contributed by atoms with Crippen LogP contribution >= 0.6 is 0 Å². The summed E-state index contributed by atoms with van der Waals surface area (Å²) in [6.45, 7) is 0. The topological polar surface area (TPSA) is 131 Å². The molecule has 0 aromatic heterocycles. The predicted octanol–water partition coefficient (Wildman–Crippen LogP) is 2.02. The molecule has 26 heavy (non-hydrogen) atoms. The number of carbonyl (C=O) groups excluding carboxylic acids is 1. The second-order valence-corrected chi connectivity index (χ2v) is 5.10. The number of nitro groups is 1. The molecular formula is C17H15N3O6. The lowest BCUT2D eigenvalue weighted by atomic mass is 10.1. The SMILES string of the molecule is COc1ccc(C(=O)NN=C(Cc2ccccc2[N+](=O)[O-])C(=O)O)cc1. The van der Waals surface area contributed by atoms with Gasteiger partial charge in [0.15, 0.2) is 0 Å². The Bertz CT molecular complexity index is 861. The van der Waals surface area contributed by atoms with E-state index >= 15 is 0 Å². The molecule has 1 amide bonds. The van der Waals surface area contributed by atoms with Crippen molar-refractivity contribution in [3.63, 3.8) is 0 Å². The van der Waals surface area contributed by atoms with Gasteiger partial charge in [0.05, 0.1) is 12.0 Å². The summed E-state index contributed by atoms with van der Waals surface area (Å²) in [5.41, 5.74) is 1.93. The Morgan fingerprint density at radius 1 is 1.19 bits per heavy atom. The van der Waals surface area contributed by atoms with Crippen LogP contribution in [-0.2, 0) is 11.2 Å².